The highest BCUT2D eigenvalue weighted by Gasteiger charge is 2.18. The Kier molecular flexibility index (Phi) is 4.62. The first-order valence-corrected chi connectivity index (χ1v) is 8.84. The van der Waals surface area contributed by atoms with Gasteiger partial charge in [-0.3, -0.25) is 0 Å². The van der Waals surface area contributed by atoms with E-state index in [-0.39, 0.29) is 0 Å². The largest absolute Gasteiger partial charge is 0.351 e. The van der Waals surface area contributed by atoms with Gasteiger partial charge in [0.15, 0.2) is 0 Å². The molecule has 2 aromatic carbocycles. The summed E-state index contributed by atoms with van der Waals surface area (Å²) in [6.45, 7) is 9.10. The Balaban J connectivity index is 2.35. The van der Waals surface area contributed by atoms with Crippen LogP contribution in [0, 0.1) is 0 Å². The van der Waals surface area contributed by atoms with Crippen molar-refractivity contribution in [3.8, 4) is 22.4 Å². The molecule has 0 saturated carbocycles. The van der Waals surface area contributed by atoms with E-state index >= 15 is 0 Å². The van der Waals surface area contributed by atoms with Crippen molar-refractivity contribution in [2.45, 2.75) is 39.5 Å². The minimum Gasteiger partial charge on any atom is -0.351 e. The van der Waals surface area contributed by atoms with E-state index < -0.39 is 0 Å². The molecule has 0 saturated heterocycles. The molecule has 0 bridgehead atoms. The molecule has 0 aliphatic carbocycles. The Morgan fingerprint density at radius 3 is 1.92 bits per heavy atom. The van der Waals surface area contributed by atoms with Crippen molar-refractivity contribution in [2.24, 2.45) is 7.05 Å². The maximum Gasteiger partial charge on any atom is 0.0486 e. The standard InChI is InChI=1S/C23H27N/c1-16(2)18-10-6-7-11-20(18)21-13-8-12-19(17(3)4)23(21)22-14-9-15-24(22)5/h6-17H,1-5H3. The van der Waals surface area contributed by atoms with Gasteiger partial charge in [0, 0.05) is 24.5 Å². The first-order valence-electron chi connectivity index (χ1n) is 8.84. The number of nitrogens with zero attached hydrogens (tertiary/aromatic N) is 1. The molecule has 24 heavy (non-hydrogen) atoms. The molecule has 0 atom stereocenters. The van der Waals surface area contributed by atoms with E-state index in [1.54, 1.807) is 0 Å². The van der Waals surface area contributed by atoms with E-state index in [1.165, 1.54) is 33.5 Å². The predicted molar refractivity (Wildman–Crippen MR) is 104 cm³/mol. The number of aromatic nitrogens is 1. The molecular weight excluding hydrogens is 290 g/mol. The van der Waals surface area contributed by atoms with Crippen LogP contribution in [0.2, 0.25) is 0 Å². The molecule has 1 heterocycles. The van der Waals surface area contributed by atoms with Crippen molar-refractivity contribution >= 4 is 0 Å². The second-order valence-electron chi connectivity index (χ2n) is 7.17. The monoisotopic (exact) mass is 317 g/mol. The first-order chi connectivity index (χ1) is 11.5. The first kappa shape index (κ1) is 16.6. The van der Waals surface area contributed by atoms with Gasteiger partial charge < -0.3 is 4.57 Å². The van der Waals surface area contributed by atoms with Crippen LogP contribution in [-0.4, -0.2) is 4.57 Å². The lowest BCUT2D eigenvalue weighted by molar-refractivity contribution is 0.859. The molecule has 1 heteroatoms. The third-order valence-corrected chi connectivity index (χ3v) is 4.79. The van der Waals surface area contributed by atoms with Crippen LogP contribution in [0.1, 0.15) is 50.7 Å². The summed E-state index contributed by atoms with van der Waals surface area (Å²) in [5.74, 6) is 0.992. The fraction of sp³-hybridized carbons (Fsp3) is 0.304. The third kappa shape index (κ3) is 2.91. The maximum absolute atomic E-state index is 2.28. The van der Waals surface area contributed by atoms with Gasteiger partial charge >= 0.3 is 0 Å². The van der Waals surface area contributed by atoms with Crippen molar-refractivity contribution in [3.63, 3.8) is 0 Å². The molecule has 0 unspecified atom stereocenters. The van der Waals surface area contributed by atoms with Gasteiger partial charge in [0.05, 0.1) is 0 Å². The summed E-state index contributed by atoms with van der Waals surface area (Å²) >= 11 is 0. The van der Waals surface area contributed by atoms with Crippen molar-refractivity contribution in [3.05, 3.63) is 71.9 Å². The van der Waals surface area contributed by atoms with Gasteiger partial charge in [-0.05, 0) is 46.2 Å². The molecule has 0 radical (unpaired) electrons. The number of hydrogen-bond donors (Lipinski definition) is 0. The summed E-state index contributed by atoms with van der Waals surface area (Å²) < 4.78 is 2.22. The molecule has 3 aromatic rings. The van der Waals surface area contributed by atoms with Crippen molar-refractivity contribution in [1.82, 2.24) is 4.57 Å². The molecular formula is C23H27N. The van der Waals surface area contributed by atoms with Crippen LogP contribution in [-0.2, 0) is 7.05 Å². The topological polar surface area (TPSA) is 4.93 Å². The Hall–Kier alpha value is -2.28. The summed E-state index contributed by atoms with van der Waals surface area (Å²) in [6, 6.07) is 19.9. The van der Waals surface area contributed by atoms with Gasteiger partial charge in [0.1, 0.15) is 0 Å². The van der Waals surface area contributed by atoms with Crippen LogP contribution in [0.25, 0.3) is 22.4 Å². The second kappa shape index (κ2) is 6.68. The van der Waals surface area contributed by atoms with Crippen LogP contribution in [0.15, 0.2) is 60.8 Å². The van der Waals surface area contributed by atoms with Gasteiger partial charge in [0.2, 0.25) is 0 Å². The predicted octanol–water partition coefficient (Wildman–Crippen LogP) is 6.61. The maximum atomic E-state index is 2.28. The lowest BCUT2D eigenvalue weighted by Crippen LogP contribution is -2.01. The zero-order valence-electron chi connectivity index (χ0n) is 15.4. The lowest BCUT2D eigenvalue weighted by Gasteiger charge is -2.21. The minimum absolute atomic E-state index is 0.487. The van der Waals surface area contributed by atoms with Gasteiger partial charge in [-0.1, -0.05) is 70.2 Å². The van der Waals surface area contributed by atoms with Crippen molar-refractivity contribution < 1.29 is 0 Å². The van der Waals surface area contributed by atoms with Gasteiger partial charge in [-0.25, -0.2) is 0 Å². The number of aryl methyl sites for hydroxylation is 1. The van der Waals surface area contributed by atoms with E-state index in [1.807, 2.05) is 0 Å². The van der Waals surface area contributed by atoms with E-state index in [0.29, 0.717) is 11.8 Å². The average Bonchev–Trinajstić information content (AvgIpc) is 2.99. The highest BCUT2D eigenvalue weighted by atomic mass is 14.9. The summed E-state index contributed by atoms with van der Waals surface area (Å²) in [7, 11) is 2.13. The van der Waals surface area contributed by atoms with Crippen LogP contribution in [0.4, 0.5) is 0 Å². The summed E-state index contributed by atoms with van der Waals surface area (Å²) in [4.78, 5) is 0. The zero-order valence-corrected chi connectivity index (χ0v) is 15.4. The number of benzene rings is 2. The summed E-state index contributed by atoms with van der Waals surface area (Å²) in [6.07, 6.45) is 2.13. The fourth-order valence-electron chi connectivity index (χ4n) is 3.53. The molecule has 0 amide bonds. The second-order valence-corrected chi connectivity index (χ2v) is 7.17. The fourth-order valence-corrected chi connectivity index (χ4v) is 3.53. The molecule has 1 nitrogen and oxygen atoms in total. The van der Waals surface area contributed by atoms with Crippen LogP contribution >= 0.6 is 0 Å². The Morgan fingerprint density at radius 2 is 1.29 bits per heavy atom. The van der Waals surface area contributed by atoms with Gasteiger partial charge in [-0.15, -0.1) is 0 Å². The molecule has 0 fully saturated rings. The highest BCUT2D eigenvalue weighted by Crippen LogP contribution is 2.40. The Labute approximate surface area is 146 Å². The normalized spacial score (nSPS) is 11.5. The molecule has 0 N–H and O–H groups in total. The number of hydrogen-bond acceptors (Lipinski definition) is 0. The smallest absolute Gasteiger partial charge is 0.0486 e. The molecule has 124 valence electrons. The number of rotatable bonds is 4. The summed E-state index contributed by atoms with van der Waals surface area (Å²) in [5, 5.41) is 0. The van der Waals surface area contributed by atoms with Crippen molar-refractivity contribution in [1.29, 1.82) is 0 Å². The van der Waals surface area contributed by atoms with E-state index in [2.05, 4.69) is 100 Å². The molecule has 0 aliphatic rings. The van der Waals surface area contributed by atoms with Crippen molar-refractivity contribution in [2.75, 3.05) is 0 Å². The quantitative estimate of drug-likeness (QED) is 0.510. The summed E-state index contributed by atoms with van der Waals surface area (Å²) in [5.41, 5.74) is 8.17. The third-order valence-electron chi connectivity index (χ3n) is 4.79. The zero-order chi connectivity index (χ0) is 17.3. The van der Waals surface area contributed by atoms with E-state index in [4.69, 9.17) is 0 Å². The van der Waals surface area contributed by atoms with Crippen LogP contribution in [0.5, 0.6) is 0 Å². The molecule has 0 spiro atoms. The average molecular weight is 317 g/mol. The van der Waals surface area contributed by atoms with Gasteiger partial charge in [-0.2, -0.15) is 0 Å². The minimum atomic E-state index is 0.487. The van der Waals surface area contributed by atoms with Crippen LogP contribution in [0.3, 0.4) is 0 Å². The highest BCUT2D eigenvalue weighted by molar-refractivity contribution is 5.86. The SMILES string of the molecule is CC(C)c1ccccc1-c1cccc(C(C)C)c1-c1cccn1C. The molecule has 1 aromatic heterocycles. The van der Waals surface area contributed by atoms with E-state index in [0.717, 1.165) is 0 Å². The molecule has 3 rings (SSSR count). The lowest BCUT2D eigenvalue weighted by atomic mass is 9.85. The molecule has 0 aliphatic heterocycles. The Morgan fingerprint density at radius 1 is 0.667 bits per heavy atom. The van der Waals surface area contributed by atoms with Crippen LogP contribution < -0.4 is 0 Å². The Bertz CT molecular complexity index is 837. The van der Waals surface area contributed by atoms with Gasteiger partial charge in [0.25, 0.3) is 0 Å². The van der Waals surface area contributed by atoms with E-state index in [9.17, 15) is 0 Å².